The fraction of sp³-hybridized carbons (Fsp3) is 0.756. The summed E-state index contributed by atoms with van der Waals surface area (Å²) in [7, 11) is 0. The van der Waals surface area contributed by atoms with Gasteiger partial charge in [0.15, 0.2) is 18.9 Å². The molecule has 3 rings (SSSR count). The summed E-state index contributed by atoms with van der Waals surface area (Å²) in [6.07, 6.45) is 64.6. The molecule has 0 saturated carbocycles. The number of hydrogen-bond donors (Lipinski definition) is 12. The zero-order valence-corrected chi connectivity index (χ0v) is 64.7. The highest BCUT2D eigenvalue weighted by atomic mass is 16.8. The van der Waals surface area contributed by atoms with Gasteiger partial charge in [-0.15, -0.1) is 0 Å². The van der Waals surface area contributed by atoms with Crippen molar-refractivity contribution in [1.29, 1.82) is 0 Å². The van der Waals surface area contributed by atoms with Gasteiger partial charge in [0.1, 0.15) is 73.2 Å². The monoisotopic (exact) mass is 1480 g/mol. The van der Waals surface area contributed by atoms with Crippen LogP contribution in [0.3, 0.4) is 0 Å². The first-order valence-electron chi connectivity index (χ1n) is 41.3. The van der Waals surface area contributed by atoms with E-state index in [0.29, 0.717) is 12.8 Å². The van der Waals surface area contributed by atoms with Crippen LogP contribution in [0.1, 0.15) is 284 Å². The molecular weight excluding hydrogens is 1330 g/mol. The Morgan fingerprint density at radius 3 is 1.07 bits per heavy atom. The van der Waals surface area contributed by atoms with Crippen molar-refractivity contribution in [3.8, 4) is 0 Å². The highest BCUT2D eigenvalue weighted by molar-refractivity contribution is 5.76. The van der Waals surface area contributed by atoms with Gasteiger partial charge in [-0.2, -0.15) is 0 Å². The van der Waals surface area contributed by atoms with Crippen LogP contribution in [-0.4, -0.2) is 193 Å². The van der Waals surface area contributed by atoms with Gasteiger partial charge in [0.25, 0.3) is 0 Å². The van der Waals surface area contributed by atoms with Gasteiger partial charge in [0.05, 0.1) is 38.6 Å². The van der Waals surface area contributed by atoms with E-state index in [2.05, 4.69) is 129 Å². The van der Waals surface area contributed by atoms with E-state index < -0.39 is 124 Å². The summed E-state index contributed by atoms with van der Waals surface area (Å²) < 4.78 is 34.4. The number of unbranched alkanes of at least 4 members (excludes halogenated alkanes) is 30. The Labute approximate surface area is 633 Å². The molecule has 0 bridgehead atoms. The second-order valence-corrected chi connectivity index (χ2v) is 28.8. The van der Waals surface area contributed by atoms with Gasteiger partial charge in [-0.05, 0) is 96.3 Å². The summed E-state index contributed by atoms with van der Waals surface area (Å²) >= 11 is 0. The van der Waals surface area contributed by atoms with Crippen molar-refractivity contribution in [3.05, 3.63) is 122 Å². The largest absolute Gasteiger partial charge is 0.394 e. The number of hydrogen-bond acceptors (Lipinski definition) is 18. The lowest BCUT2D eigenvalue weighted by Crippen LogP contribution is -2.66. The highest BCUT2D eigenvalue weighted by Crippen LogP contribution is 2.33. The summed E-state index contributed by atoms with van der Waals surface area (Å²) in [6, 6.07) is -1.00. The summed E-state index contributed by atoms with van der Waals surface area (Å²) in [5.74, 6) is -0.293. The third-order valence-corrected chi connectivity index (χ3v) is 19.7. The van der Waals surface area contributed by atoms with Crippen LogP contribution in [0, 0.1) is 0 Å². The van der Waals surface area contributed by atoms with Gasteiger partial charge in [0.2, 0.25) is 5.91 Å². The quantitative estimate of drug-likeness (QED) is 0.0199. The standard InChI is InChI=1S/C86H147NO18/c1-3-5-7-9-11-13-15-17-19-21-23-25-27-29-30-31-32-33-34-35-36-37-38-40-42-44-46-48-50-52-54-56-58-60-62-64-74(92)87-69(70(91)63-61-59-57-55-53-51-49-47-45-43-41-39-28-26-24-22-20-18-16-14-12-10-8-6-4-2)68-100-84-80(98)77(95)82(72(66-89)102-84)105-86-81(99)78(96)83(73(67-90)103-86)104-85-79(97)76(94)75(93)71(65-88)101-85/h5,7,11,13,17,19,23,25,29-30,32-33,35-36,38,40,53,55,61,63,69-73,75-86,88-91,93-99H,3-4,6,8-10,12,14-16,18,20-22,24,26-28,31,34,37,39,41-52,54,56-60,62,64-68H2,1-2H3,(H,87,92)/b7-5-,13-11-,19-17-,25-23-,30-29-,33-32-,36-35-,40-38-,55-53+,63-61+. The van der Waals surface area contributed by atoms with Gasteiger partial charge in [-0.3, -0.25) is 4.79 Å². The molecule has 0 aliphatic carbocycles. The minimum absolute atomic E-state index is 0.223. The molecule has 19 nitrogen and oxygen atoms in total. The molecular formula is C86H147NO18. The molecule has 17 unspecified atom stereocenters. The molecule has 19 heteroatoms. The highest BCUT2D eigenvalue weighted by Gasteiger charge is 2.54. The van der Waals surface area contributed by atoms with Crippen molar-refractivity contribution < 1.29 is 89.4 Å². The van der Waals surface area contributed by atoms with Crippen molar-refractivity contribution in [2.45, 2.75) is 388 Å². The van der Waals surface area contributed by atoms with Crippen molar-refractivity contribution in [2.24, 2.45) is 0 Å². The predicted octanol–water partition coefficient (Wildman–Crippen LogP) is 14.3. The van der Waals surface area contributed by atoms with Gasteiger partial charge in [-0.25, -0.2) is 0 Å². The maximum absolute atomic E-state index is 13.5. The minimum atomic E-state index is -1.99. The van der Waals surface area contributed by atoms with Crippen LogP contribution in [0.2, 0.25) is 0 Å². The predicted molar refractivity (Wildman–Crippen MR) is 420 cm³/mol. The smallest absolute Gasteiger partial charge is 0.220 e. The van der Waals surface area contributed by atoms with Crippen LogP contribution in [-0.2, 0) is 33.2 Å². The van der Waals surface area contributed by atoms with Crippen molar-refractivity contribution >= 4 is 5.91 Å². The maximum Gasteiger partial charge on any atom is 0.220 e. The molecule has 12 N–H and O–H groups in total. The number of aliphatic hydroxyl groups is 11. The van der Waals surface area contributed by atoms with E-state index in [1.165, 1.54) is 148 Å². The molecule has 3 aliphatic rings. The topological polar surface area (TPSA) is 307 Å². The Bertz CT molecular complexity index is 2370. The Balaban J connectivity index is 1.38. The zero-order chi connectivity index (χ0) is 76.0. The number of carbonyl (C=O) groups is 1. The van der Waals surface area contributed by atoms with Gasteiger partial charge in [-0.1, -0.05) is 302 Å². The molecule has 0 aromatic heterocycles. The molecule has 0 aromatic carbocycles. The molecule has 3 aliphatic heterocycles. The number of carbonyl (C=O) groups excluding carboxylic acids is 1. The van der Waals surface area contributed by atoms with E-state index in [4.69, 9.17) is 28.4 Å². The lowest BCUT2D eigenvalue weighted by Gasteiger charge is -2.48. The van der Waals surface area contributed by atoms with E-state index in [9.17, 15) is 61.0 Å². The second kappa shape index (κ2) is 65.0. The number of rotatable bonds is 64. The number of nitrogens with one attached hydrogen (secondary N) is 1. The number of amides is 1. The van der Waals surface area contributed by atoms with Crippen molar-refractivity contribution in [3.63, 3.8) is 0 Å². The minimum Gasteiger partial charge on any atom is -0.394 e. The first kappa shape index (κ1) is 95.4. The first-order valence-corrected chi connectivity index (χ1v) is 41.3. The molecule has 0 radical (unpaired) electrons. The van der Waals surface area contributed by atoms with Crippen LogP contribution >= 0.6 is 0 Å². The number of aliphatic hydroxyl groups excluding tert-OH is 11. The van der Waals surface area contributed by atoms with Gasteiger partial charge >= 0.3 is 0 Å². The summed E-state index contributed by atoms with van der Waals surface area (Å²) in [6.45, 7) is 1.62. The van der Waals surface area contributed by atoms with Crippen LogP contribution in [0.4, 0.5) is 0 Å². The van der Waals surface area contributed by atoms with Gasteiger partial charge < -0.3 is 89.9 Å². The fourth-order valence-electron chi connectivity index (χ4n) is 13.2. The third kappa shape index (κ3) is 44.6. The van der Waals surface area contributed by atoms with E-state index in [-0.39, 0.29) is 18.9 Å². The molecule has 105 heavy (non-hydrogen) atoms. The fourth-order valence-corrected chi connectivity index (χ4v) is 13.2. The Kier molecular flexibility index (Phi) is 59.0. The summed E-state index contributed by atoms with van der Waals surface area (Å²) in [5.41, 5.74) is 0. The number of ether oxygens (including phenoxy) is 6. The summed E-state index contributed by atoms with van der Waals surface area (Å²) in [5, 5.41) is 121. The van der Waals surface area contributed by atoms with Crippen LogP contribution < -0.4 is 5.32 Å². The SMILES string of the molecule is CC/C=C\C/C=C\C/C=C\C/C=C\C/C=C\C/C=C\C/C=C\C/C=C\CCCCCCCCCCCCC(=O)NC(COC1OC(CO)C(OC2OC(CO)C(OC3OC(CO)C(O)C(O)C3O)C(O)C2O)C(O)C1O)C(O)/C=C/CC/C=C/CCCCCCCCCCCCCCCCCCCCC. The Hall–Kier alpha value is -3.81. The average Bonchev–Trinajstić information content (AvgIpc) is 0.781. The van der Waals surface area contributed by atoms with Gasteiger partial charge in [0, 0.05) is 6.42 Å². The summed E-state index contributed by atoms with van der Waals surface area (Å²) in [4.78, 5) is 13.5. The van der Waals surface area contributed by atoms with E-state index >= 15 is 0 Å². The molecule has 604 valence electrons. The van der Waals surface area contributed by atoms with Crippen LogP contribution in [0.25, 0.3) is 0 Å². The van der Waals surface area contributed by atoms with Crippen molar-refractivity contribution in [1.82, 2.24) is 5.32 Å². The number of allylic oxidation sites excluding steroid dienone is 19. The average molecular weight is 1480 g/mol. The maximum atomic E-state index is 13.5. The first-order chi connectivity index (χ1) is 51.3. The molecule has 3 saturated heterocycles. The molecule has 0 aromatic rings. The second-order valence-electron chi connectivity index (χ2n) is 28.8. The third-order valence-electron chi connectivity index (χ3n) is 19.7. The van der Waals surface area contributed by atoms with Crippen molar-refractivity contribution in [2.75, 3.05) is 26.4 Å². The molecule has 3 heterocycles. The normalized spacial score (nSPS) is 26.4. The van der Waals surface area contributed by atoms with Crippen LogP contribution in [0.5, 0.6) is 0 Å². The molecule has 3 fully saturated rings. The van der Waals surface area contributed by atoms with E-state index in [1.54, 1.807) is 6.08 Å². The molecule has 0 spiro atoms. The Morgan fingerprint density at radius 2 is 0.667 bits per heavy atom. The molecule has 1 amide bonds. The zero-order valence-electron chi connectivity index (χ0n) is 64.7. The lowest BCUT2D eigenvalue weighted by molar-refractivity contribution is -0.379. The Morgan fingerprint density at radius 1 is 0.352 bits per heavy atom. The van der Waals surface area contributed by atoms with E-state index in [0.717, 1.165) is 103 Å². The van der Waals surface area contributed by atoms with Crippen LogP contribution in [0.15, 0.2) is 122 Å². The van der Waals surface area contributed by atoms with E-state index in [1.807, 2.05) is 6.08 Å². The lowest BCUT2D eigenvalue weighted by atomic mass is 9.96. The molecule has 17 atom stereocenters.